The highest BCUT2D eigenvalue weighted by molar-refractivity contribution is 5.77. The van der Waals surface area contributed by atoms with Gasteiger partial charge in [-0.3, -0.25) is 4.99 Å². The number of hydrogen-bond acceptors (Lipinski definition) is 1. The van der Waals surface area contributed by atoms with Crippen molar-refractivity contribution in [2.24, 2.45) is 16.6 Å². The van der Waals surface area contributed by atoms with Crippen molar-refractivity contribution in [1.29, 1.82) is 0 Å². The van der Waals surface area contributed by atoms with Gasteiger partial charge in [-0.15, -0.1) is 0 Å². The van der Waals surface area contributed by atoms with Gasteiger partial charge >= 0.3 is 0 Å². The van der Waals surface area contributed by atoms with E-state index in [1.165, 1.54) is 0 Å². The highest BCUT2D eigenvalue weighted by atomic mass is 15.1. The maximum atomic E-state index is 5.40. The second-order valence-corrected chi connectivity index (χ2v) is 2.72. The zero-order chi connectivity index (χ0) is 7.98. The molecule has 0 aromatic heterocycles. The summed E-state index contributed by atoms with van der Waals surface area (Å²) in [5.74, 6) is 1.25. The number of rotatable bonds is 3. The van der Waals surface area contributed by atoms with Crippen LogP contribution in [0.25, 0.3) is 0 Å². The van der Waals surface area contributed by atoms with E-state index < -0.39 is 0 Å². The predicted molar refractivity (Wildman–Crippen MR) is 45.0 cm³/mol. The van der Waals surface area contributed by atoms with Crippen LogP contribution in [0.15, 0.2) is 4.99 Å². The Bertz CT molecular complexity index is 107. The van der Waals surface area contributed by atoms with Gasteiger partial charge in [0.2, 0.25) is 0 Å². The van der Waals surface area contributed by atoms with Crippen molar-refractivity contribution < 1.29 is 0 Å². The molecule has 0 rings (SSSR count). The Balaban J connectivity index is 3.20. The topological polar surface area (TPSA) is 50.4 Å². The minimum atomic E-state index is 0.528. The van der Waals surface area contributed by atoms with Crippen LogP contribution < -0.4 is 11.1 Å². The molecule has 0 atom stereocenters. The molecule has 3 nitrogen and oxygen atoms in total. The molecule has 0 radical (unpaired) electrons. The van der Waals surface area contributed by atoms with Gasteiger partial charge in [-0.2, -0.15) is 0 Å². The second-order valence-electron chi connectivity index (χ2n) is 2.72. The number of nitrogens with one attached hydrogen (secondary N) is 1. The summed E-state index contributed by atoms with van der Waals surface area (Å²) < 4.78 is 0. The second kappa shape index (κ2) is 5.09. The van der Waals surface area contributed by atoms with E-state index in [0.717, 1.165) is 18.9 Å². The van der Waals surface area contributed by atoms with Gasteiger partial charge in [-0.05, 0) is 12.3 Å². The van der Waals surface area contributed by atoms with Crippen molar-refractivity contribution >= 4 is 5.96 Å². The highest BCUT2D eigenvalue weighted by Crippen LogP contribution is 1.95. The summed E-state index contributed by atoms with van der Waals surface area (Å²) in [6, 6.07) is 0. The Kier molecular flexibility index (Phi) is 4.72. The van der Waals surface area contributed by atoms with Crippen molar-refractivity contribution in [1.82, 2.24) is 5.32 Å². The number of guanidine groups is 1. The van der Waals surface area contributed by atoms with Crippen LogP contribution in [0.5, 0.6) is 0 Å². The van der Waals surface area contributed by atoms with E-state index in [4.69, 9.17) is 5.73 Å². The average Bonchev–Trinajstić information content (AvgIpc) is 1.87. The lowest BCUT2D eigenvalue weighted by atomic mass is 10.1. The Morgan fingerprint density at radius 1 is 1.60 bits per heavy atom. The highest BCUT2D eigenvalue weighted by Gasteiger charge is 1.92. The van der Waals surface area contributed by atoms with Crippen molar-refractivity contribution in [2.75, 3.05) is 13.6 Å². The molecule has 0 aliphatic rings. The molecule has 10 heavy (non-hydrogen) atoms. The van der Waals surface area contributed by atoms with Gasteiger partial charge in [0.1, 0.15) is 0 Å². The van der Waals surface area contributed by atoms with Crippen molar-refractivity contribution in [3.63, 3.8) is 0 Å². The molecule has 0 aromatic rings. The summed E-state index contributed by atoms with van der Waals surface area (Å²) in [7, 11) is 1.68. The van der Waals surface area contributed by atoms with E-state index in [-0.39, 0.29) is 0 Å². The zero-order valence-electron chi connectivity index (χ0n) is 7.02. The summed E-state index contributed by atoms with van der Waals surface area (Å²) in [5, 5.41) is 2.99. The molecule has 0 aliphatic heterocycles. The molecule has 0 fully saturated rings. The number of nitrogens with zero attached hydrogens (tertiary/aromatic N) is 1. The summed E-state index contributed by atoms with van der Waals surface area (Å²) >= 11 is 0. The first-order valence-corrected chi connectivity index (χ1v) is 3.63. The molecule has 0 aromatic carbocycles. The molecular weight excluding hydrogens is 126 g/mol. The third kappa shape index (κ3) is 5.41. The maximum Gasteiger partial charge on any atom is 0.188 e. The van der Waals surface area contributed by atoms with E-state index in [2.05, 4.69) is 24.2 Å². The quantitative estimate of drug-likeness (QED) is 0.448. The standard InChI is InChI=1S/C7H17N3/c1-6(2)4-5-10-7(8)9-3/h6H,4-5H2,1-3H3,(H3,8,9,10). The number of aliphatic imine (C=N–C) groups is 1. The molecule has 0 bridgehead atoms. The molecule has 0 spiro atoms. The molecule has 0 saturated heterocycles. The number of hydrogen-bond donors (Lipinski definition) is 2. The fourth-order valence-corrected chi connectivity index (χ4v) is 0.568. The molecule has 60 valence electrons. The Morgan fingerprint density at radius 3 is 2.60 bits per heavy atom. The van der Waals surface area contributed by atoms with Crippen molar-refractivity contribution in [3.8, 4) is 0 Å². The van der Waals surface area contributed by atoms with Gasteiger partial charge < -0.3 is 11.1 Å². The summed E-state index contributed by atoms with van der Waals surface area (Å²) in [6.45, 7) is 5.28. The molecule has 0 aliphatic carbocycles. The smallest absolute Gasteiger partial charge is 0.188 e. The van der Waals surface area contributed by atoms with E-state index in [0.29, 0.717) is 5.96 Å². The van der Waals surface area contributed by atoms with Gasteiger partial charge in [0.15, 0.2) is 5.96 Å². The van der Waals surface area contributed by atoms with Crippen LogP contribution >= 0.6 is 0 Å². The summed E-state index contributed by atoms with van der Waals surface area (Å²) in [4.78, 5) is 3.77. The zero-order valence-corrected chi connectivity index (χ0v) is 7.02. The molecule has 0 unspecified atom stereocenters. The third-order valence-electron chi connectivity index (χ3n) is 1.27. The van der Waals surface area contributed by atoms with Crippen LogP contribution in [0.2, 0.25) is 0 Å². The van der Waals surface area contributed by atoms with Gasteiger partial charge in [0, 0.05) is 13.6 Å². The average molecular weight is 143 g/mol. The van der Waals surface area contributed by atoms with Gasteiger partial charge in [0.25, 0.3) is 0 Å². The molecule has 3 heteroatoms. The molecule has 3 N–H and O–H groups in total. The summed E-state index contributed by atoms with van der Waals surface area (Å²) in [5.41, 5.74) is 5.40. The monoisotopic (exact) mass is 143 g/mol. The Hall–Kier alpha value is -0.730. The first kappa shape index (κ1) is 9.27. The van der Waals surface area contributed by atoms with Gasteiger partial charge in [-0.1, -0.05) is 13.8 Å². The van der Waals surface area contributed by atoms with E-state index >= 15 is 0 Å². The van der Waals surface area contributed by atoms with E-state index in [9.17, 15) is 0 Å². The normalized spacial score (nSPS) is 12.2. The van der Waals surface area contributed by atoms with Crippen LogP contribution in [-0.2, 0) is 0 Å². The van der Waals surface area contributed by atoms with Crippen LogP contribution in [-0.4, -0.2) is 19.6 Å². The fraction of sp³-hybridized carbons (Fsp3) is 0.857. The van der Waals surface area contributed by atoms with Crippen LogP contribution in [0.1, 0.15) is 20.3 Å². The van der Waals surface area contributed by atoms with Crippen LogP contribution in [0.4, 0.5) is 0 Å². The molecule has 0 amide bonds. The van der Waals surface area contributed by atoms with E-state index in [1.807, 2.05) is 0 Å². The third-order valence-corrected chi connectivity index (χ3v) is 1.27. The SMILES string of the molecule is CN=C(N)NCCC(C)C. The Morgan fingerprint density at radius 2 is 2.20 bits per heavy atom. The molecule has 0 heterocycles. The molecule has 0 saturated carbocycles. The molecular formula is C7H17N3. The van der Waals surface area contributed by atoms with Gasteiger partial charge in [0.05, 0.1) is 0 Å². The minimum absolute atomic E-state index is 0.528. The first-order valence-electron chi connectivity index (χ1n) is 3.63. The largest absolute Gasteiger partial charge is 0.370 e. The van der Waals surface area contributed by atoms with Crippen molar-refractivity contribution in [2.45, 2.75) is 20.3 Å². The van der Waals surface area contributed by atoms with Crippen LogP contribution in [0.3, 0.4) is 0 Å². The lowest BCUT2D eigenvalue weighted by molar-refractivity contribution is 0.577. The lowest BCUT2D eigenvalue weighted by Gasteiger charge is -2.05. The van der Waals surface area contributed by atoms with Gasteiger partial charge in [-0.25, -0.2) is 0 Å². The predicted octanol–water partition coefficient (Wildman–Crippen LogP) is 0.567. The fourth-order valence-electron chi connectivity index (χ4n) is 0.568. The van der Waals surface area contributed by atoms with Crippen molar-refractivity contribution in [3.05, 3.63) is 0 Å². The van der Waals surface area contributed by atoms with E-state index in [1.54, 1.807) is 7.05 Å². The Labute approximate surface area is 62.7 Å². The maximum absolute atomic E-state index is 5.40. The van der Waals surface area contributed by atoms with Crippen LogP contribution in [0, 0.1) is 5.92 Å². The summed E-state index contributed by atoms with van der Waals surface area (Å²) in [6.07, 6.45) is 1.14. The number of nitrogens with two attached hydrogens (primary N) is 1. The minimum Gasteiger partial charge on any atom is -0.370 e. The lowest BCUT2D eigenvalue weighted by Crippen LogP contribution is -2.32. The first-order chi connectivity index (χ1) is 4.66.